The van der Waals surface area contributed by atoms with Gasteiger partial charge in [0.15, 0.2) is 25.2 Å². The summed E-state index contributed by atoms with van der Waals surface area (Å²) in [7, 11) is 0. The van der Waals surface area contributed by atoms with Gasteiger partial charge < -0.3 is 105 Å². The highest BCUT2D eigenvalue weighted by Gasteiger charge is 2.55. The van der Waals surface area contributed by atoms with Gasteiger partial charge in [-0.05, 0) is 0 Å². The molecule has 4 heterocycles. The molecule has 0 aliphatic carbocycles. The van der Waals surface area contributed by atoms with Crippen LogP contribution < -0.4 is 5.32 Å². The van der Waals surface area contributed by atoms with E-state index < -0.39 is 155 Å². The van der Waals surface area contributed by atoms with Crippen LogP contribution >= 0.6 is 0 Å². The van der Waals surface area contributed by atoms with E-state index in [1.54, 1.807) is 0 Å². The van der Waals surface area contributed by atoms with Crippen LogP contribution in [-0.4, -0.2) is 221 Å². The topological polar surface area (TPSA) is 357 Å². The summed E-state index contributed by atoms with van der Waals surface area (Å²) in [5.41, 5.74) is 0. The van der Waals surface area contributed by atoms with E-state index in [2.05, 4.69) is 5.32 Å². The first-order valence-electron chi connectivity index (χ1n) is 15.1. The number of amides is 1. The lowest BCUT2D eigenvalue weighted by atomic mass is 9.95. The van der Waals surface area contributed by atoms with Gasteiger partial charge in [0.2, 0.25) is 5.91 Å². The lowest BCUT2D eigenvalue weighted by Gasteiger charge is -2.49. The SMILES string of the molecule is CC(=O)N[C@H]1[C@H](O[C@@H]2[C@H](O[C@@H]3[C@H](O)[C@H](O[C@H]4[C@H](O)[C@@H](O)[C@H](O)O[C@@H]4CO)O[C@H](CO)[C@H]3O)O[C@H](CO)[C@@H](O)[C@@H]2O)O[C@H](CO)[C@@H](O)[C@@H]1O. The van der Waals surface area contributed by atoms with Crippen LogP contribution in [0.4, 0.5) is 0 Å². The van der Waals surface area contributed by atoms with Crippen molar-refractivity contribution < 1.29 is 104 Å². The summed E-state index contributed by atoms with van der Waals surface area (Å²) in [6, 6.07) is -1.53. The number of aliphatic hydroxyl groups excluding tert-OH is 13. The van der Waals surface area contributed by atoms with E-state index in [0.29, 0.717) is 0 Å². The van der Waals surface area contributed by atoms with E-state index in [1.807, 2.05) is 0 Å². The Hall–Kier alpha value is -1.33. The Bertz CT molecular complexity index is 1030. The van der Waals surface area contributed by atoms with E-state index in [4.69, 9.17) is 33.2 Å². The fraction of sp³-hybridized carbons (Fsp3) is 0.962. The van der Waals surface area contributed by atoms with Gasteiger partial charge >= 0.3 is 0 Å². The van der Waals surface area contributed by atoms with Gasteiger partial charge in [0.25, 0.3) is 0 Å². The first kappa shape index (κ1) is 39.5. The van der Waals surface area contributed by atoms with Crippen molar-refractivity contribution in [2.45, 2.75) is 130 Å². The maximum absolute atomic E-state index is 11.9. The van der Waals surface area contributed by atoms with Crippen LogP contribution in [-0.2, 0) is 38.0 Å². The third kappa shape index (κ3) is 8.08. The van der Waals surface area contributed by atoms with Crippen molar-refractivity contribution in [1.82, 2.24) is 5.32 Å². The molecule has 1 amide bonds. The standard InChI is InChI=1S/C26H45NO21/c1-6(32)27-11-15(36)12(33)7(2-28)43-24(11)48-22-16(37)13(34)8(3-29)45-26(22)47-21-14(35)9(4-30)44-25(19(21)40)46-20-10(5-31)42-23(41)18(39)17(20)38/h7-26,28-31,33-41H,2-5H2,1H3,(H,27,32)/t7-,8-,9-,10-,11-,12-,13-,14-,15-,16+,17-,18-,19+,20-,21+,22+,23-,24+,25+,26+/m1/s1. The predicted molar refractivity (Wildman–Crippen MR) is 145 cm³/mol. The zero-order chi connectivity index (χ0) is 35.6. The highest BCUT2D eigenvalue weighted by molar-refractivity contribution is 5.73. The molecule has 0 unspecified atom stereocenters. The summed E-state index contributed by atoms with van der Waals surface area (Å²) >= 11 is 0. The average molecular weight is 708 g/mol. The highest BCUT2D eigenvalue weighted by atomic mass is 16.8. The van der Waals surface area contributed by atoms with Crippen molar-refractivity contribution in [2.24, 2.45) is 0 Å². The largest absolute Gasteiger partial charge is 0.394 e. The van der Waals surface area contributed by atoms with Gasteiger partial charge in [-0.15, -0.1) is 0 Å². The minimum absolute atomic E-state index is 0.715. The quantitative estimate of drug-likeness (QED) is 0.0947. The Kier molecular flexibility index (Phi) is 13.8. The van der Waals surface area contributed by atoms with Crippen LogP contribution in [0.25, 0.3) is 0 Å². The van der Waals surface area contributed by atoms with Crippen molar-refractivity contribution in [3.63, 3.8) is 0 Å². The third-order valence-corrected chi connectivity index (χ3v) is 8.61. The number of rotatable bonds is 11. The molecule has 4 aliphatic rings. The monoisotopic (exact) mass is 707 g/mol. The Labute approximate surface area is 272 Å². The molecule has 0 aromatic heterocycles. The van der Waals surface area contributed by atoms with E-state index in [9.17, 15) is 71.2 Å². The first-order valence-corrected chi connectivity index (χ1v) is 15.1. The summed E-state index contributed by atoms with van der Waals surface area (Å²) in [6.45, 7) is -2.41. The second-order valence-electron chi connectivity index (χ2n) is 11.9. The molecule has 280 valence electrons. The smallest absolute Gasteiger partial charge is 0.217 e. The second kappa shape index (κ2) is 16.8. The van der Waals surface area contributed by atoms with Gasteiger partial charge in [-0.25, -0.2) is 0 Å². The van der Waals surface area contributed by atoms with Gasteiger partial charge in [-0.1, -0.05) is 0 Å². The summed E-state index contributed by atoms with van der Waals surface area (Å²) in [6.07, 6.45) is -34.1. The molecular weight excluding hydrogens is 662 g/mol. The number of ether oxygens (including phenoxy) is 7. The molecule has 0 aromatic carbocycles. The first-order chi connectivity index (χ1) is 22.7. The molecular formula is C26H45NO21. The van der Waals surface area contributed by atoms with Crippen molar-refractivity contribution in [1.29, 1.82) is 0 Å². The van der Waals surface area contributed by atoms with E-state index in [0.717, 1.165) is 6.92 Å². The molecule has 0 saturated carbocycles. The lowest BCUT2D eigenvalue weighted by Crippen LogP contribution is -2.69. The Morgan fingerprint density at radius 3 is 1.52 bits per heavy atom. The molecule has 48 heavy (non-hydrogen) atoms. The maximum Gasteiger partial charge on any atom is 0.217 e. The van der Waals surface area contributed by atoms with Crippen molar-refractivity contribution in [2.75, 3.05) is 26.4 Å². The van der Waals surface area contributed by atoms with Gasteiger partial charge in [-0.2, -0.15) is 0 Å². The zero-order valence-corrected chi connectivity index (χ0v) is 25.5. The molecule has 0 spiro atoms. The molecule has 4 aliphatic heterocycles. The summed E-state index contributed by atoms with van der Waals surface area (Å²) in [5.74, 6) is -0.715. The number of carbonyl (C=O) groups excluding carboxylic acids is 1. The highest BCUT2D eigenvalue weighted by Crippen LogP contribution is 2.34. The van der Waals surface area contributed by atoms with Crippen LogP contribution in [0.15, 0.2) is 0 Å². The van der Waals surface area contributed by atoms with Gasteiger partial charge in [0.1, 0.15) is 97.6 Å². The van der Waals surface area contributed by atoms with E-state index in [1.165, 1.54) is 0 Å². The average Bonchev–Trinajstić information content (AvgIpc) is 3.06. The number of aliphatic hydroxyl groups is 13. The molecule has 20 atom stereocenters. The minimum Gasteiger partial charge on any atom is -0.394 e. The van der Waals surface area contributed by atoms with Crippen molar-refractivity contribution in [3.8, 4) is 0 Å². The second-order valence-corrected chi connectivity index (χ2v) is 11.9. The predicted octanol–water partition coefficient (Wildman–Crippen LogP) is -9.61. The third-order valence-electron chi connectivity index (χ3n) is 8.61. The molecule has 4 fully saturated rings. The summed E-state index contributed by atoms with van der Waals surface area (Å²) in [5, 5.41) is 136. The number of hydrogen-bond donors (Lipinski definition) is 14. The Morgan fingerprint density at radius 1 is 0.500 bits per heavy atom. The molecule has 22 nitrogen and oxygen atoms in total. The van der Waals surface area contributed by atoms with Crippen LogP contribution in [0.3, 0.4) is 0 Å². The normalized spacial score (nSPS) is 50.2. The molecule has 0 bridgehead atoms. The van der Waals surface area contributed by atoms with Crippen molar-refractivity contribution >= 4 is 5.91 Å². The minimum atomic E-state index is -2.06. The molecule has 0 aromatic rings. The Morgan fingerprint density at radius 2 is 0.958 bits per heavy atom. The number of carbonyl (C=O) groups is 1. The fourth-order valence-electron chi connectivity index (χ4n) is 5.92. The van der Waals surface area contributed by atoms with Crippen LogP contribution in [0.5, 0.6) is 0 Å². The molecule has 0 radical (unpaired) electrons. The molecule has 4 saturated heterocycles. The summed E-state index contributed by atoms with van der Waals surface area (Å²) in [4.78, 5) is 11.9. The fourth-order valence-corrected chi connectivity index (χ4v) is 5.92. The van der Waals surface area contributed by atoms with E-state index in [-0.39, 0.29) is 0 Å². The maximum atomic E-state index is 11.9. The van der Waals surface area contributed by atoms with Gasteiger partial charge in [-0.3, -0.25) is 4.79 Å². The van der Waals surface area contributed by atoms with Crippen molar-refractivity contribution in [3.05, 3.63) is 0 Å². The lowest BCUT2D eigenvalue weighted by molar-refractivity contribution is -0.391. The van der Waals surface area contributed by atoms with Gasteiger partial charge in [0, 0.05) is 6.92 Å². The van der Waals surface area contributed by atoms with Crippen LogP contribution in [0, 0.1) is 0 Å². The number of nitrogens with one attached hydrogen (secondary N) is 1. The molecule has 22 heteroatoms. The Balaban J connectivity index is 1.61. The zero-order valence-electron chi connectivity index (χ0n) is 25.5. The van der Waals surface area contributed by atoms with Crippen LogP contribution in [0.1, 0.15) is 6.92 Å². The van der Waals surface area contributed by atoms with Gasteiger partial charge in [0.05, 0.1) is 26.4 Å². The number of hydrogen-bond acceptors (Lipinski definition) is 21. The molecule has 14 N–H and O–H groups in total. The van der Waals surface area contributed by atoms with Crippen LogP contribution in [0.2, 0.25) is 0 Å². The van der Waals surface area contributed by atoms with E-state index >= 15 is 0 Å². The molecule has 4 rings (SSSR count). The summed E-state index contributed by atoms with van der Waals surface area (Å²) < 4.78 is 38.8.